The van der Waals surface area contributed by atoms with Gasteiger partial charge in [0.2, 0.25) is 0 Å². The number of carbonyl (C=O) groups is 2. The second kappa shape index (κ2) is 5.44. The van der Waals surface area contributed by atoms with Gasteiger partial charge >= 0.3 is 0 Å². The van der Waals surface area contributed by atoms with Crippen LogP contribution < -0.4 is 4.74 Å². The maximum absolute atomic E-state index is 12.0. The molecular weight excluding hydrogens is 320 g/mol. The Hall–Kier alpha value is -2.79. The van der Waals surface area contributed by atoms with E-state index in [1.165, 1.54) is 7.11 Å². The van der Waals surface area contributed by atoms with Gasteiger partial charge in [-0.3, -0.25) is 9.59 Å². The van der Waals surface area contributed by atoms with Crippen molar-refractivity contribution in [2.45, 2.75) is 0 Å². The van der Waals surface area contributed by atoms with Crippen molar-refractivity contribution in [3.63, 3.8) is 0 Å². The van der Waals surface area contributed by atoms with Crippen molar-refractivity contribution in [3.8, 4) is 28.4 Å². The van der Waals surface area contributed by atoms with Gasteiger partial charge in [-0.25, -0.2) is 0 Å². The number of phenols is 2. The SMILES string of the molecule is COc1ccc(-c2c(O)c3c(c(O)c2Cl)C(=O)C=CC3=O)cc1. The van der Waals surface area contributed by atoms with E-state index in [0.29, 0.717) is 11.3 Å². The van der Waals surface area contributed by atoms with Crippen molar-refractivity contribution in [3.05, 3.63) is 52.6 Å². The third-order valence-electron chi connectivity index (χ3n) is 3.65. The van der Waals surface area contributed by atoms with E-state index in [2.05, 4.69) is 0 Å². The molecule has 0 heterocycles. The number of halogens is 1. The number of ketones is 2. The van der Waals surface area contributed by atoms with Crippen LogP contribution in [0.3, 0.4) is 0 Å². The highest BCUT2D eigenvalue weighted by Gasteiger charge is 2.31. The number of aromatic hydroxyl groups is 2. The fourth-order valence-corrected chi connectivity index (χ4v) is 2.81. The van der Waals surface area contributed by atoms with Crippen LogP contribution in [0.5, 0.6) is 17.2 Å². The minimum atomic E-state index is -0.587. The number of methoxy groups -OCH3 is 1. The van der Waals surface area contributed by atoms with Crippen molar-refractivity contribution >= 4 is 23.2 Å². The van der Waals surface area contributed by atoms with Crippen LogP contribution in [0, 0.1) is 0 Å². The number of carbonyl (C=O) groups excluding carboxylic acids is 2. The Morgan fingerprint density at radius 2 is 1.39 bits per heavy atom. The summed E-state index contributed by atoms with van der Waals surface area (Å²) < 4.78 is 5.06. The number of allylic oxidation sites excluding steroid dienone is 2. The lowest BCUT2D eigenvalue weighted by Crippen LogP contribution is -2.13. The van der Waals surface area contributed by atoms with Gasteiger partial charge in [0.25, 0.3) is 0 Å². The van der Waals surface area contributed by atoms with E-state index in [1.807, 2.05) is 0 Å². The lowest BCUT2D eigenvalue weighted by atomic mass is 9.89. The summed E-state index contributed by atoms with van der Waals surface area (Å²) in [5.41, 5.74) is 0.0331. The standard InChI is InChI=1S/C17H11ClO5/c1-23-9-4-2-8(3-5-9)12-15(18)17(22)14-11(20)7-6-10(19)13(14)16(12)21/h2-7,21-22H,1H3. The van der Waals surface area contributed by atoms with E-state index in [1.54, 1.807) is 24.3 Å². The molecule has 2 N–H and O–H groups in total. The quantitative estimate of drug-likeness (QED) is 0.825. The number of rotatable bonds is 2. The molecule has 0 saturated heterocycles. The van der Waals surface area contributed by atoms with E-state index in [9.17, 15) is 19.8 Å². The fraction of sp³-hybridized carbons (Fsp3) is 0.0588. The smallest absolute Gasteiger partial charge is 0.190 e. The molecule has 0 radical (unpaired) electrons. The first-order chi connectivity index (χ1) is 11.0. The Balaban J connectivity index is 2.31. The Bertz CT molecular complexity index is 866. The van der Waals surface area contributed by atoms with Crippen LogP contribution in [0.15, 0.2) is 36.4 Å². The normalized spacial score (nSPS) is 13.1. The summed E-state index contributed by atoms with van der Waals surface area (Å²) in [6, 6.07) is 6.54. The number of ether oxygens (including phenoxy) is 1. The number of phenolic OH excluding ortho intramolecular Hbond substituents is 2. The van der Waals surface area contributed by atoms with Crippen LogP contribution in [0.2, 0.25) is 5.02 Å². The minimum Gasteiger partial charge on any atom is -0.506 e. The Labute approximate surface area is 136 Å². The molecule has 0 unspecified atom stereocenters. The average molecular weight is 331 g/mol. The molecule has 0 aliphatic heterocycles. The van der Waals surface area contributed by atoms with Gasteiger partial charge in [-0.15, -0.1) is 0 Å². The highest BCUT2D eigenvalue weighted by atomic mass is 35.5. The maximum atomic E-state index is 12.0. The molecule has 0 spiro atoms. The van der Waals surface area contributed by atoms with Gasteiger partial charge in [0, 0.05) is 5.56 Å². The van der Waals surface area contributed by atoms with Gasteiger partial charge in [0.1, 0.15) is 17.2 Å². The van der Waals surface area contributed by atoms with E-state index in [0.717, 1.165) is 12.2 Å². The van der Waals surface area contributed by atoms with Crippen LogP contribution in [-0.2, 0) is 0 Å². The summed E-state index contributed by atoms with van der Waals surface area (Å²) in [5, 5.41) is 20.5. The van der Waals surface area contributed by atoms with Crippen molar-refractivity contribution in [2.24, 2.45) is 0 Å². The molecule has 5 nitrogen and oxygen atoms in total. The third-order valence-corrected chi connectivity index (χ3v) is 4.01. The Morgan fingerprint density at radius 3 is 1.91 bits per heavy atom. The first-order valence-electron chi connectivity index (χ1n) is 6.64. The van der Waals surface area contributed by atoms with Crippen molar-refractivity contribution in [1.29, 1.82) is 0 Å². The van der Waals surface area contributed by atoms with Gasteiger partial charge in [-0.2, -0.15) is 0 Å². The molecule has 1 aliphatic carbocycles. The third kappa shape index (κ3) is 2.26. The molecule has 0 atom stereocenters. The van der Waals surface area contributed by atoms with Gasteiger partial charge in [0.15, 0.2) is 11.6 Å². The second-order valence-electron chi connectivity index (χ2n) is 4.93. The fourth-order valence-electron chi connectivity index (χ4n) is 2.51. The monoisotopic (exact) mass is 330 g/mol. The molecule has 23 heavy (non-hydrogen) atoms. The second-order valence-corrected chi connectivity index (χ2v) is 5.30. The molecule has 0 fully saturated rings. The van der Waals surface area contributed by atoms with Crippen LogP contribution >= 0.6 is 11.6 Å². The van der Waals surface area contributed by atoms with Crippen molar-refractivity contribution in [1.82, 2.24) is 0 Å². The van der Waals surface area contributed by atoms with Crippen LogP contribution in [0.25, 0.3) is 11.1 Å². The van der Waals surface area contributed by atoms with E-state index in [-0.39, 0.29) is 21.7 Å². The molecule has 2 aromatic carbocycles. The molecule has 0 amide bonds. The average Bonchev–Trinajstić information content (AvgIpc) is 2.55. The zero-order chi connectivity index (χ0) is 16.7. The summed E-state index contributed by atoms with van der Waals surface area (Å²) in [7, 11) is 1.51. The topological polar surface area (TPSA) is 83.8 Å². The Morgan fingerprint density at radius 1 is 0.870 bits per heavy atom. The molecule has 0 saturated carbocycles. The summed E-state index contributed by atoms with van der Waals surface area (Å²) in [6.07, 6.45) is 2.09. The van der Waals surface area contributed by atoms with E-state index >= 15 is 0 Å². The highest BCUT2D eigenvalue weighted by Crippen LogP contribution is 2.47. The lowest BCUT2D eigenvalue weighted by Gasteiger charge is -2.18. The van der Waals surface area contributed by atoms with Gasteiger partial charge in [0.05, 0.1) is 23.3 Å². The maximum Gasteiger partial charge on any atom is 0.190 e. The lowest BCUT2D eigenvalue weighted by molar-refractivity contribution is 0.0989. The summed E-state index contributed by atoms with van der Waals surface area (Å²) >= 11 is 6.13. The summed E-state index contributed by atoms with van der Waals surface area (Å²) in [4.78, 5) is 23.9. The molecule has 116 valence electrons. The Kier molecular flexibility index (Phi) is 3.58. The minimum absolute atomic E-state index is 0.0852. The van der Waals surface area contributed by atoms with Crippen molar-refractivity contribution < 1.29 is 24.5 Å². The van der Waals surface area contributed by atoms with Crippen LogP contribution in [0.1, 0.15) is 20.7 Å². The van der Waals surface area contributed by atoms with Gasteiger partial charge < -0.3 is 14.9 Å². The molecule has 0 aromatic heterocycles. The number of fused-ring (bicyclic) bond motifs is 1. The zero-order valence-electron chi connectivity index (χ0n) is 12.0. The van der Waals surface area contributed by atoms with E-state index in [4.69, 9.17) is 16.3 Å². The summed E-state index contributed by atoms with van der Waals surface area (Å²) in [5.74, 6) is -1.52. The molecule has 1 aliphatic rings. The zero-order valence-corrected chi connectivity index (χ0v) is 12.7. The number of benzene rings is 2. The van der Waals surface area contributed by atoms with E-state index < -0.39 is 23.1 Å². The predicted molar refractivity (Wildman–Crippen MR) is 84.6 cm³/mol. The largest absolute Gasteiger partial charge is 0.506 e. The predicted octanol–water partition coefficient (Wildman–Crippen LogP) is 3.36. The van der Waals surface area contributed by atoms with Crippen molar-refractivity contribution in [2.75, 3.05) is 7.11 Å². The van der Waals surface area contributed by atoms with Crippen LogP contribution in [0.4, 0.5) is 0 Å². The molecule has 6 heteroatoms. The van der Waals surface area contributed by atoms with Crippen LogP contribution in [-0.4, -0.2) is 28.9 Å². The number of hydrogen-bond donors (Lipinski definition) is 2. The molecule has 0 bridgehead atoms. The molecule has 2 aromatic rings. The molecule has 3 rings (SSSR count). The van der Waals surface area contributed by atoms with Gasteiger partial charge in [-0.1, -0.05) is 23.7 Å². The first kappa shape index (κ1) is 15.1. The number of hydrogen-bond acceptors (Lipinski definition) is 5. The summed E-state index contributed by atoms with van der Waals surface area (Å²) in [6.45, 7) is 0. The van der Waals surface area contributed by atoms with Gasteiger partial charge in [-0.05, 0) is 29.8 Å². The highest BCUT2D eigenvalue weighted by molar-refractivity contribution is 6.37. The first-order valence-corrected chi connectivity index (χ1v) is 7.02. The molecular formula is C17H11ClO5.